The van der Waals surface area contributed by atoms with Crippen molar-refractivity contribution >= 4 is 11.5 Å². The second-order valence-electron chi connectivity index (χ2n) is 2.52. The maximum absolute atomic E-state index is 11.0. The van der Waals surface area contributed by atoms with Crippen molar-refractivity contribution in [3.8, 4) is 5.75 Å². The van der Waals surface area contributed by atoms with Gasteiger partial charge >= 0.3 is 5.97 Å². The molecule has 1 aromatic carbocycles. The quantitative estimate of drug-likeness (QED) is 0.552. The summed E-state index contributed by atoms with van der Waals surface area (Å²) in [4.78, 5) is 11.0. The van der Waals surface area contributed by atoms with Gasteiger partial charge < -0.3 is 9.84 Å². The van der Waals surface area contributed by atoms with Crippen LogP contribution in [0.5, 0.6) is 5.75 Å². The second-order valence-corrected chi connectivity index (χ2v) is 2.52. The molecule has 0 aliphatic carbocycles. The van der Waals surface area contributed by atoms with Gasteiger partial charge in [0.2, 0.25) is 0 Å². The molecular formula is C10H10O3. The van der Waals surface area contributed by atoms with E-state index in [1.54, 1.807) is 12.1 Å². The molecule has 0 fully saturated rings. The van der Waals surface area contributed by atoms with Crippen LogP contribution in [0.3, 0.4) is 0 Å². The zero-order valence-corrected chi connectivity index (χ0v) is 7.28. The molecule has 0 aliphatic rings. The van der Waals surface area contributed by atoms with Crippen LogP contribution in [-0.2, 0) is 9.53 Å². The maximum Gasteiger partial charge on any atom is 0.337 e. The minimum absolute atomic E-state index is 0.0996. The summed E-state index contributed by atoms with van der Waals surface area (Å²) in [5.74, 6) is -0.395. The van der Waals surface area contributed by atoms with Crippen LogP contribution in [-0.4, -0.2) is 18.2 Å². The summed E-state index contributed by atoms with van der Waals surface area (Å²) in [6.45, 7) is 3.55. The van der Waals surface area contributed by atoms with E-state index in [0.717, 1.165) is 0 Å². The lowest BCUT2D eigenvalue weighted by atomic mass is 10.1. The SMILES string of the molecule is C=C(C(=O)OC)c1cccc(O)c1. The van der Waals surface area contributed by atoms with Gasteiger partial charge in [-0.25, -0.2) is 4.79 Å². The molecule has 0 saturated heterocycles. The number of aromatic hydroxyl groups is 1. The van der Waals surface area contributed by atoms with Gasteiger partial charge in [0.25, 0.3) is 0 Å². The summed E-state index contributed by atoms with van der Waals surface area (Å²) in [5, 5.41) is 9.12. The Morgan fingerprint density at radius 1 is 1.54 bits per heavy atom. The summed E-state index contributed by atoms with van der Waals surface area (Å²) in [7, 11) is 1.29. The molecule has 0 bridgehead atoms. The van der Waals surface area contributed by atoms with Crippen LogP contribution in [0.25, 0.3) is 5.57 Å². The van der Waals surface area contributed by atoms with Crippen LogP contribution in [0.15, 0.2) is 30.8 Å². The van der Waals surface area contributed by atoms with Gasteiger partial charge in [-0.05, 0) is 17.7 Å². The molecule has 0 unspecified atom stereocenters. The normalized spacial score (nSPS) is 9.31. The van der Waals surface area contributed by atoms with E-state index in [4.69, 9.17) is 5.11 Å². The molecule has 0 heterocycles. The third-order valence-corrected chi connectivity index (χ3v) is 1.63. The van der Waals surface area contributed by atoms with E-state index >= 15 is 0 Å². The minimum Gasteiger partial charge on any atom is -0.508 e. The Labute approximate surface area is 76.3 Å². The third-order valence-electron chi connectivity index (χ3n) is 1.63. The fraction of sp³-hybridized carbons (Fsp3) is 0.100. The Kier molecular flexibility index (Phi) is 2.69. The first kappa shape index (κ1) is 9.32. The number of esters is 1. The number of ether oxygens (including phenoxy) is 1. The molecule has 0 spiro atoms. The highest BCUT2D eigenvalue weighted by Gasteiger charge is 2.08. The van der Waals surface area contributed by atoms with Crippen molar-refractivity contribution in [2.45, 2.75) is 0 Å². The summed E-state index contributed by atoms with van der Waals surface area (Å²) in [5.41, 5.74) is 0.797. The molecule has 1 N–H and O–H groups in total. The van der Waals surface area contributed by atoms with Crippen molar-refractivity contribution in [2.24, 2.45) is 0 Å². The molecule has 0 aliphatic heterocycles. The van der Waals surface area contributed by atoms with Gasteiger partial charge in [-0.1, -0.05) is 18.7 Å². The van der Waals surface area contributed by atoms with E-state index in [9.17, 15) is 4.79 Å². The lowest BCUT2D eigenvalue weighted by molar-refractivity contribution is -0.133. The van der Waals surface area contributed by atoms with Crippen LogP contribution in [0.2, 0.25) is 0 Å². The van der Waals surface area contributed by atoms with E-state index in [2.05, 4.69) is 11.3 Å². The zero-order valence-electron chi connectivity index (χ0n) is 7.28. The number of methoxy groups -OCH3 is 1. The average molecular weight is 178 g/mol. The highest BCUT2D eigenvalue weighted by Crippen LogP contribution is 2.18. The Hall–Kier alpha value is -1.77. The van der Waals surface area contributed by atoms with E-state index in [1.165, 1.54) is 19.2 Å². The lowest BCUT2D eigenvalue weighted by Crippen LogP contribution is -2.02. The number of carbonyl (C=O) groups excluding carboxylic acids is 1. The molecule has 0 atom stereocenters. The van der Waals surface area contributed by atoms with Crippen molar-refractivity contribution in [1.29, 1.82) is 0 Å². The molecule has 0 aromatic heterocycles. The molecular weight excluding hydrogens is 168 g/mol. The maximum atomic E-state index is 11.0. The summed E-state index contributed by atoms with van der Waals surface area (Å²) < 4.78 is 4.49. The van der Waals surface area contributed by atoms with Crippen LogP contribution in [0.1, 0.15) is 5.56 Å². The molecule has 1 rings (SSSR count). The Morgan fingerprint density at radius 2 is 2.23 bits per heavy atom. The Balaban J connectivity index is 2.95. The highest BCUT2D eigenvalue weighted by molar-refractivity contribution is 6.15. The largest absolute Gasteiger partial charge is 0.508 e. The van der Waals surface area contributed by atoms with E-state index in [1.807, 2.05) is 0 Å². The van der Waals surface area contributed by atoms with Crippen LogP contribution < -0.4 is 0 Å². The first-order valence-electron chi connectivity index (χ1n) is 3.72. The van der Waals surface area contributed by atoms with Crippen molar-refractivity contribution < 1.29 is 14.6 Å². The number of hydrogen-bond acceptors (Lipinski definition) is 3. The van der Waals surface area contributed by atoms with Crippen molar-refractivity contribution in [1.82, 2.24) is 0 Å². The fourth-order valence-electron chi connectivity index (χ4n) is 0.935. The molecule has 0 saturated carbocycles. The van der Waals surface area contributed by atoms with Crippen molar-refractivity contribution in [3.05, 3.63) is 36.4 Å². The second kappa shape index (κ2) is 3.76. The first-order valence-corrected chi connectivity index (χ1v) is 3.72. The van der Waals surface area contributed by atoms with Gasteiger partial charge in [0.1, 0.15) is 5.75 Å². The Morgan fingerprint density at radius 3 is 2.77 bits per heavy atom. The van der Waals surface area contributed by atoms with Gasteiger partial charge in [0.05, 0.1) is 12.7 Å². The molecule has 1 aromatic rings. The van der Waals surface area contributed by atoms with E-state index < -0.39 is 5.97 Å². The summed E-state index contributed by atoms with van der Waals surface area (Å²) >= 11 is 0. The molecule has 3 nitrogen and oxygen atoms in total. The van der Waals surface area contributed by atoms with Crippen molar-refractivity contribution in [2.75, 3.05) is 7.11 Å². The molecule has 0 amide bonds. The molecule has 13 heavy (non-hydrogen) atoms. The predicted molar refractivity (Wildman–Crippen MR) is 49.2 cm³/mol. The number of hydrogen-bond donors (Lipinski definition) is 1. The van der Waals surface area contributed by atoms with E-state index in [-0.39, 0.29) is 11.3 Å². The number of phenols is 1. The minimum atomic E-state index is -0.495. The smallest absolute Gasteiger partial charge is 0.337 e. The highest BCUT2D eigenvalue weighted by atomic mass is 16.5. The van der Waals surface area contributed by atoms with Gasteiger partial charge in [-0.3, -0.25) is 0 Å². The predicted octanol–water partition coefficient (Wildman–Crippen LogP) is 1.58. The number of benzene rings is 1. The van der Waals surface area contributed by atoms with Gasteiger partial charge in [-0.2, -0.15) is 0 Å². The Bertz CT molecular complexity index is 342. The van der Waals surface area contributed by atoms with Crippen LogP contribution in [0, 0.1) is 0 Å². The van der Waals surface area contributed by atoms with E-state index in [0.29, 0.717) is 5.56 Å². The monoisotopic (exact) mass is 178 g/mol. The number of carbonyl (C=O) groups is 1. The van der Waals surface area contributed by atoms with Gasteiger partial charge in [-0.15, -0.1) is 0 Å². The average Bonchev–Trinajstić information content (AvgIpc) is 2.15. The number of rotatable bonds is 2. The number of phenolic OH excluding ortho intramolecular Hbond substituents is 1. The topological polar surface area (TPSA) is 46.5 Å². The van der Waals surface area contributed by atoms with Gasteiger partial charge in [0, 0.05) is 0 Å². The van der Waals surface area contributed by atoms with Crippen molar-refractivity contribution in [3.63, 3.8) is 0 Å². The summed E-state index contributed by atoms with van der Waals surface area (Å²) in [6.07, 6.45) is 0. The standard InChI is InChI=1S/C10H10O3/c1-7(10(12)13-2)8-4-3-5-9(11)6-8/h3-6,11H,1H2,2H3. The third kappa shape index (κ3) is 2.08. The lowest BCUT2D eigenvalue weighted by Gasteiger charge is -2.03. The van der Waals surface area contributed by atoms with Crippen LogP contribution >= 0.6 is 0 Å². The fourth-order valence-corrected chi connectivity index (χ4v) is 0.935. The summed E-state index contributed by atoms with van der Waals surface area (Å²) in [6, 6.07) is 6.30. The van der Waals surface area contributed by atoms with Gasteiger partial charge in [0.15, 0.2) is 0 Å². The first-order chi connectivity index (χ1) is 6.15. The zero-order chi connectivity index (χ0) is 9.84. The van der Waals surface area contributed by atoms with Crippen LogP contribution in [0.4, 0.5) is 0 Å². The molecule has 3 heteroatoms. The molecule has 0 radical (unpaired) electrons. The molecule has 68 valence electrons.